The molecule has 0 radical (unpaired) electrons. The van der Waals surface area contributed by atoms with Crippen molar-refractivity contribution in [1.82, 2.24) is 25.5 Å². The van der Waals surface area contributed by atoms with Crippen molar-refractivity contribution in [2.75, 3.05) is 19.8 Å². The maximum Gasteiger partial charge on any atom is 0.168 e. The van der Waals surface area contributed by atoms with Crippen LogP contribution in [0.3, 0.4) is 0 Å². The lowest BCUT2D eigenvalue weighted by molar-refractivity contribution is 0.0526. The fourth-order valence-corrected chi connectivity index (χ4v) is 2.17. The summed E-state index contributed by atoms with van der Waals surface area (Å²) in [5.74, 6) is 1.53. The van der Waals surface area contributed by atoms with Gasteiger partial charge in [-0.1, -0.05) is 13.8 Å². The van der Waals surface area contributed by atoms with Crippen LogP contribution in [0.2, 0.25) is 0 Å². The lowest BCUT2D eigenvalue weighted by Gasteiger charge is -2.24. The Morgan fingerprint density at radius 3 is 2.94 bits per heavy atom. The Bertz CT molecular complexity index is 359. The van der Waals surface area contributed by atoms with Crippen molar-refractivity contribution in [3.05, 3.63) is 5.82 Å². The summed E-state index contributed by atoms with van der Waals surface area (Å²) in [4.78, 5) is 0. The molecule has 102 valence electrons. The third-order valence-electron chi connectivity index (χ3n) is 3.22. The van der Waals surface area contributed by atoms with Gasteiger partial charge >= 0.3 is 0 Å². The van der Waals surface area contributed by atoms with E-state index in [1.807, 2.05) is 4.68 Å². The maximum atomic E-state index is 5.50. The zero-order chi connectivity index (χ0) is 13.0. The van der Waals surface area contributed by atoms with Gasteiger partial charge in [0, 0.05) is 6.61 Å². The number of aromatic nitrogens is 4. The van der Waals surface area contributed by atoms with Crippen molar-refractivity contribution >= 4 is 0 Å². The van der Waals surface area contributed by atoms with Crippen molar-refractivity contribution in [2.45, 2.75) is 45.7 Å². The first-order valence-electron chi connectivity index (χ1n) is 6.77. The van der Waals surface area contributed by atoms with Gasteiger partial charge in [0.15, 0.2) is 5.82 Å². The molecule has 1 fully saturated rings. The lowest BCUT2D eigenvalue weighted by Crippen LogP contribution is -2.29. The second-order valence-corrected chi connectivity index (χ2v) is 5.38. The highest BCUT2D eigenvalue weighted by Crippen LogP contribution is 2.21. The second kappa shape index (κ2) is 6.24. The molecule has 1 aromatic heterocycles. The van der Waals surface area contributed by atoms with Crippen LogP contribution < -0.4 is 5.32 Å². The topological polar surface area (TPSA) is 64.9 Å². The van der Waals surface area contributed by atoms with Gasteiger partial charge in [0.2, 0.25) is 0 Å². The van der Waals surface area contributed by atoms with Crippen LogP contribution in [0, 0.1) is 5.92 Å². The molecule has 2 rings (SSSR count). The highest BCUT2D eigenvalue weighted by atomic mass is 16.5. The fraction of sp³-hybridized carbons (Fsp3) is 0.917. The van der Waals surface area contributed by atoms with Gasteiger partial charge in [-0.2, -0.15) is 0 Å². The van der Waals surface area contributed by atoms with E-state index in [0.717, 1.165) is 38.4 Å². The average molecular weight is 253 g/mol. The van der Waals surface area contributed by atoms with E-state index in [9.17, 15) is 0 Å². The van der Waals surface area contributed by atoms with Crippen molar-refractivity contribution in [1.29, 1.82) is 0 Å². The molecule has 1 N–H and O–H groups in total. The molecule has 2 unspecified atom stereocenters. The standard InChI is InChI=1S/C12H23N5O/c1-9(2)7-13-10(3)12-14-15-16-17(12)11-5-4-6-18-8-11/h9-11,13H,4-8H2,1-3H3. The van der Waals surface area contributed by atoms with Gasteiger partial charge in [0.25, 0.3) is 0 Å². The Labute approximate surface area is 108 Å². The first-order valence-corrected chi connectivity index (χ1v) is 6.77. The van der Waals surface area contributed by atoms with Crippen LogP contribution >= 0.6 is 0 Å². The van der Waals surface area contributed by atoms with Gasteiger partial charge in [-0.15, -0.1) is 5.10 Å². The minimum atomic E-state index is 0.171. The normalized spacial score (nSPS) is 22.3. The zero-order valence-corrected chi connectivity index (χ0v) is 11.5. The minimum absolute atomic E-state index is 0.171. The Balaban J connectivity index is 2.01. The van der Waals surface area contributed by atoms with Crippen LogP contribution in [0.15, 0.2) is 0 Å². The first-order chi connectivity index (χ1) is 8.68. The smallest absolute Gasteiger partial charge is 0.168 e. The van der Waals surface area contributed by atoms with Crippen LogP contribution in [0.4, 0.5) is 0 Å². The van der Waals surface area contributed by atoms with Crippen LogP contribution in [0.1, 0.15) is 51.5 Å². The monoisotopic (exact) mass is 253 g/mol. The summed E-state index contributed by atoms with van der Waals surface area (Å²) < 4.78 is 7.43. The summed E-state index contributed by atoms with van der Waals surface area (Å²) in [5.41, 5.74) is 0. The molecular formula is C12H23N5O. The van der Waals surface area contributed by atoms with Crippen LogP contribution in [-0.4, -0.2) is 40.0 Å². The molecule has 1 saturated heterocycles. The molecule has 0 bridgehead atoms. The quantitative estimate of drug-likeness (QED) is 0.857. The van der Waals surface area contributed by atoms with Gasteiger partial charge in [0.05, 0.1) is 18.7 Å². The number of hydrogen-bond donors (Lipinski definition) is 1. The van der Waals surface area contributed by atoms with Gasteiger partial charge in [0.1, 0.15) is 0 Å². The number of tetrazole rings is 1. The Morgan fingerprint density at radius 2 is 2.28 bits per heavy atom. The second-order valence-electron chi connectivity index (χ2n) is 5.38. The van der Waals surface area contributed by atoms with E-state index >= 15 is 0 Å². The molecule has 1 aromatic rings. The molecule has 0 aromatic carbocycles. The number of rotatable bonds is 5. The number of ether oxygens (including phenoxy) is 1. The highest BCUT2D eigenvalue weighted by molar-refractivity contribution is 4.92. The third-order valence-corrected chi connectivity index (χ3v) is 3.22. The van der Waals surface area contributed by atoms with Gasteiger partial charge in [-0.3, -0.25) is 0 Å². The zero-order valence-electron chi connectivity index (χ0n) is 11.5. The van der Waals surface area contributed by atoms with Crippen molar-refractivity contribution in [3.63, 3.8) is 0 Å². The number of nitrogens with zero attached hydrogens (tertiary/aromatic N) is 4. The fourth-order valence-electron chi connectivity index (χ4n) is 2.17. The van der Waals surface area contributed by atoms with Gasteiger partial charge in [-0.05, 0) is 42.7 Å². The first kappa shape index (κ1) is 13.4. The van der Waals surface area contributed by atoms with E-state index in [4.69, 9.17) is 4.74 Å². The molecule has 6 heteroatoms. The SMILES string of the molecule is CC(C)CNC(C)c1nnnn1C1CCCOC1. The summed E-state index contributed by atoms with van der Waals surface area (Å²) >= 11 is 0. The Kier molecular flexibility index (Phi) is 4.66. The van der Waals surface area contributed by atoms with Gasteiger partial charge < -0.3 is 10.1 Å². The molecule has 0 aliphatic carbocycles. The molecule has 2 atom stereocenters. The van der Waals surface area contributed by atoms with Crippen LogP contribution in [0.5, 0.6) is 0 Å². The van der Waals surface area contributed by atoms with E-state index in [1.165, 1.54) is 0 Å². The van der Waals surface area contributed by atoms with E-state index in [0.29, 0.717) is 5.92 Å². The summed E-state index contributed by atoms with van der Waals surface area (Å²) in [5, 5.41) is 15.5. The van der Waals surface area contributed by atoms with Gasteiger partial charge in [-0.25, -0.2) is 4.68 Å². The van der Waals surface area contributed by atoms with Crippen LogP contribution in [-0.2, 0) is 4.74 Å². The molecule has 6 nitrogen and oxygen atoms in total. The number of nitrogens with one attached hydrogen (secondary N) is 1. The molecular weight excluding hydrogens is 230 g/mol. The summed E-state index contributed by atoms with van der Waals surface area (Å²) in [6, 6.07) is 0.455. The van der Waals surface area contributed by atoms with E-state index in [2.05, 4.69) is 41.6 Å². The maximum absolute atomic E-state index is 5.50. The molecule has 2 heterocycles. The minimum Gasteiger partial charge on any atom is -0.379 e. The van der Waals surface area contributed by atoms with E-state index < -0.39 is 0 Å². The number of hydrogen-bond acceptors (Lipinski definition) is 5. The summed E-state index contributed by atoms with van der Waals surface area (Å²) in [6.45, 7) is 9.03. The molecule has 0 spiro atoms. The molecule has 1 aliphatic heterocycles. The molecule has 0 saturated carbocycles. The highest BCUT2D eigenvalue weighted by Gasteiger charge is 2.23. The van der Waals surface area contributed by atoms with Crippen LogP contribution in [0.25, 0.3) is 0 Å². The molecule has 0 amide bonds. The largest absolute Gasteiger partial charge is 0.379 e. The third kappa shape index (κ3) is 3.26. The molecule has 18 heavy (non-hydrogen) atoms. The summed E-state index contributed by atoms with van der Waals surface area (Å²) in [6.07, 6.45) is 2.17. The predicted octanol–water partition coefficient (Wildman–Crippen LogP) is 1.33. The van der Waals surface area contributed by atoms with E-state index in [-0.39, 0.29) is 12.1 Å². The summed E-state index contributed by atoms with van der Waals surface area (Å²) in [7, 11) is 0. The molecule has 1 aliphatic rings. The van der Waals surface area contributed by atoms with Crippen molar-refractivity contribution in [2.24, 2.45) is 5.92 Å². The predicted molar refractivity (Wildman–Crippen MR) is 68.2 cm³/mol. The average Bonchev–Trinajstić information content (AvgIpc) is 2.86. The van der Waals surface area contributed by atoms with Crippen molar-refractivity contribution in [3.8, 4) is 0 Å². The lowest BCUT2D eigenvalue weighted by atomic mass is 10.1. The van der Waals surface area contributed by atoms with Crippen molar-refractivity contribution < 1.29 is 4.74 Å². The van der Waals surface area contributed by atoms with E-state index in [1.54, 1.807) is 0 Å². The Hall–Kier alpha value is -1.01. The Morgan fingerprint density at radius 1 is 1.44 bits per heavy atom.